The smallest absolute Gasteiger partial charge is 0.243 e. The van der Waals surface area contributed by atoms with Crippen molar-refractivity contribution in [1.29, 1.82) is 0 Å². The molecule has 1 aliphatic heterocycles. The van der Waals surface area contributed by atoms with E-state index >= 15 is 0 Å². The van der Waals surface area contributed by atoms with E-state index in [1.807, 2.05) is 13.0 Å². The highest BCUT2D eigenvalue weighted by Gasteiger charge is 2.32. The van der Waals surface area contributed by atoms with Crippen LogP contribution in [-0.4, -0.2) is 45.9 Å². The molecule has 0 aromatic heterocycles. The number of amides is 1. The van der Waals surface area contributed by atoms with Gasteiger partial charge < -0.3 is 14.8 Å². The number of carbonyl (C=O) groups is 1. The number of sulfonamides is 1. The molecule has 1 fully saturated rings. The predicted octanol–water partition coefficient (Wildman–Crippen LogP) is 3.71. The average Bonchev–Trinajstić information content (AvgIpc) is 2.75. The number of rotatable bonds is 6. The van der Waals surface area contributed by atoms with Crippen LogP contribution in [0.2, 0.25) is 5.02 Å². The maximum atomic E-state index is 13.0. The van der Waals surface area contributed by atoms with Crippen LogP contribution < -0.4 is 14.8 Å². The molecule has 1 aliphatic rings. The molecule has 1 N–H and O–H groups in total. The number of nitrogens with zero attached hydrogens (tertiary/aromatic N) is 1. The summed E-state index contributed by atoms with van der Waals surface area (Å²) in [4.78, 5) is 12.8. The van der Waals surface area contributed by atoms with E-state index in [9.17, 15) is 13.2 Å². The van der Waals surface area contributed by atoms with Crippen LogP contribution >= 0.6 is 11.6 Å². The summed E-state index contributed by atoms with van der Waals surface area (Å²) in [6.45, 7) is 2.43. The van der Waals surface area contributed by atoms with Gasteiger partial charge in [0, 0.05) is 35.8 Å². The van der Waals surface area contributed by atoms with E-state index in [-0.39, 0.29) is 29.8 Å². The summed E-state index contributed by atoms with van der Waals surface area (Å²) in [5.74, 6) is 0.427. The normalized spacial score (nSPS) is 15.6. The molecule has 1 heterocycles. The van der Waals surface area contributed by atoms with E-state index in [1.54, 1.807) is 18.2 Å². The van der Waals surface area contributed by atoms with Gasteiger partial charge in [-0.15, -0.1) is 0 Å². The van der Waals surface area contributed by atoms with Crippen molar-refractivity contribution in [2.24, 2.45) is 5.92 Å². The number of anilines is 1. The van der Waals surface area contributed by atoms with Gasteiger partial charge in [0.15, 0.2) is 11.5 Å². The number of hydrogen-bond donors (Lipinski definition) is 1. The number of benzene rings is 2. The Kier molecular flexibility index (Phi) is 6.90. The van der Waals surface area contributed by atoms with Crippen molar-refractivity contribution < 1.29 is 22.7 Å². The molecule has 2 aromatic rings. The highest BCUT2D eigenvalue weighted by atomic mass is 35.5. The molecule has 162 valence electrons. The second-order valence-electron chi connectivity index (χ2n) is 7.14. The van der Waals surface area contributed by atoms with Gasteiger partial charge >= 0.3 is 0 Å². The minimum Gasteiger partial charge on any atom is -0.493 e. The first-order valence-corrected chi connectivity index (χ1v) is 11.4. The Hall–Kier alpha value is -2.29. The maximum absolute atomic E-state index is 13.0. The van der Waals surface area contributed by atoms with Crippen molar-refractivity contribution in [1.82, 2.24) is 4.31 Å². The van der Waals surface area contributed by atoms with E-state index in [4.69, 9.17) is 21.1 Å². The first-order chi connectivity index (χ1) is 14.3. The van der Waals surface area contributed by atoms with Crippen LogP contribution in [0.4, 0.5) is 5.69 Å². The zero-order valence-corrected chi connectivity index (χ0v) is 18.7. The molecule has 0 aliphatic carbocycles. The Morgan fingerprint density at radius 3 is 2.37 bits per heavy atom. The Morgan fingerprint density at radius 2 is 1.73 bits per heavy atom. The fraction of sp³-hybridized carbons (Fsp3) is 0.381. The number of aryl methyl sites for hydroxylation is 1. The number of hydrogen-bond acceptors (Lipinski definition) is 5. The van der Waals surface area contributed by atoms with Gasteiger partial charge in [0.2, 0.25) is 15.9 Å². The third kappa shape index (κ3) is 4.71. The van der Waals surface area contributed by atoms with Crippen molar-refractivity contribution in [2.75, 3.05) is 32.6 Å². The van der Waals surface area contributed by atoms with Gasteiger partial charge in [-0.2, -0.15) is 4.31 Å². The van der Waals surface area contributed by atoms with E-state index in [0.29, 0.717) is 35.1 Å². The second kappa shape index (κ2) is 9.24. The monoisotopic (exact) mass is 452 g/mol. The summed E-state index contributed by atoms with van der Waals surface area (Å²) in [5.41, 5.74) is 1.59. The lowest BCUT2D eigenvalue weighted by molar-refractivity contribution is -0.120. The van der Waals surface area contributed by atoms with Crippen LogP contribution in [0.5, 0.6) is 11.5 Å². The minimum absolute atomic E-state index is 0.122. The van der Waals surface area contributed by atoms with E-state index in [2.05, 4.69) is 5.32 Å². The minimum atomic E-state index is -3.69. The highest BCUT2D eigenvalue weighted by molar-refractivity contribution is 7.89. The second-order valence-corrected chi connectivity index (χ2v) is 9.52. The number of nitrogens with one attached hydrogen (secondary N) is 1. The van der Waals surface area contributed by atoms with E-state index in [0.717, 1.165) is 5.56 Å². The lowest BCUT2D eigenvalue weighted by Gasteiger charge is -2.30. The van der Waals surface area contributed by atoms with Crippen molar-refractivity contribution in [3.8, 4) is 11.5 Å². The Labute approximate surface area is 182 Å². The summed E-state index contributed by atoms with van der Waals surface area (Å²) < 4.78 is 37.8. The topological polar surface area (TPSA) is 84.9 Å². The Balaban J connectivity index is 1.67. The number of piperidine rings is 1. The van der Waals surface area contributed by atoms with Gasteiger partial charge in [-0.05, 0) is 49.6 Å². The van der Waals surface area contributed by atoms with Crippen molar-refractivity contribution in [3.05, 3.63) is 47.0 Å². The maximum Gasteiger partial charge on any atom is 0.243 e. The standard InChI is InChI=1S/C21H25ClN2O5S/c1-14-4-5-16(22)12-18(14)23-21(25)15-8-10-24(11-9-15)30(26,27)17-6-7-19(28-2)20(13-17)29-3/h4-7,12-13,15H,8-11H2,1-3H3,(H,23,25). The third-order valence-corrected chi connectivity index (χ3v) is 7.40. The summed E-state index contributed by atoms with van der Waals surface area (Å²) >= 11 is 6.01. The lowest BCUT2D eigenvalue weighted by Crippen LogP contribution is -2.41. The molecule has 0 radical (unpaired) electrons. The van der Waals surface area contributed by atoms with Crippen LogP contribution in [0, 0.1) is 12.8 Å². The lowest BCUT2D eigenvalue weighted by atomic mass is 9.97. The van der Waals surface area contributed by atoms with Crippen LogP contribution in [0.25, 0.3) is 0 Å². The molecule has 0 unspecified atom stereocenters. The van der Waals surface area contributed by atoms with E-state index < -0.39 is 10.0 Å². The summed E-state index contributed by atoms with van der Waals surface area (Å²) in [6.07, 6.45) is 0.885. The molecule has 0 spiro atoms. The number of carbonyl (C=O) groups excluding carboxylic acids is 1. The highest BCUT2D eigenvalue weighted by Crippen LogP contribution is 2.32. The summed E-state index contributed by atoms with van der Waals surface area (Å²) in [6, 6.07) is 9.84. The first-order valence-electron chi connectivity index (χ1n) is 9.55. The molecule has 30 heavy (non-hydrogen) atoms. The SMILES string of the molecule is COc1ccc(S(=O)(=O)N2CCC(C(=O)Nc3cc(Cl)ccc3C)CC2)cc1OC. The van der Waals surface area contributed by atoms with Gasteiger partial charge in [-0.25, -0.2) is 8.42 Å². The van der Waals surface area contributed by atoms with Gasteiger partial charge in [0.05, 0.1) is 19.1 Å². The van der Waals surface area contributed by atoms with Crippen molar-refractivity contribution >= 4 is 33.2 Å². The molecule has 0 saturated carbocycles. The molecular formula is C21H25ClN2O5S. The summed E-state index contributed by atoms with van der Waals surface area (Å²) in [7, 11) is -0.740. The molecule has 9 heteroatoms. The molecule has 7 nitrogen and oxygen atoms in total. The predicted molar refractivity (Wildman–Crippen MR) is 116 cm³/mol. The average molecular weight is 453 g/mol. The number of halogens is 1. The molecular weight excluding hydrogens is 428 g/mol. The molecule has 3 rings (SSSR count). The van der Waals surface area contributed by atoms with E-state index in [1.165, 1.54) is 30.7 Å². The van der Waals surface area contributed by atoms with Crippen LogP contribution in [0.1, 0.15) is 18.4 Å². The molecule has 0 bridgehead atoms. The van der Waals surface area contributed by atoms with Gasteiger partial charge in [0.25, 0.3) is 0 Å². The van der Waals surface area contributed by atoms with Crippen molar-refractivity contribution in [3.63, 3.8) is 0 Å². The molecule has 0 atom stereocenters. The van der Waals surface area contributed by atoms with Crippen LogP contribution in [0.3, 0.4) is 0 Å². The van der Waals surface area contributed by atoms with Crippen LogP contribution in [0.15, 0.2) is 41.3 Å². The summed E-state index contributed by atoms with van der Waals surface area (Å²) in [5, 5.41) is 3.46. The van der Waals surface area contributed by atoms with Crippen LogP contribution in [-0.2, 0) is 14.8 Å². The quantitative estimate of drug-likeness (QED) is 0.722. The third-order valence-electron chi connectivity index (χ3n) is 5.27. The fourth-order valence-electron chi connectivity index (χ4n) is 3.45. The first kappa shape index (κ1) is 22.4. The Bertz CT molecular complexity index is 1030. The largest absolute Gasteiger partial charge is 0.493 e. The van der Waals surface area contributed by atoms with Gasteiger partial charge in [-0.3, -0.25) is 4.79 Å². The number of methoxy groups -OCH3 is 2. The van der Waals surface area contributed by atoms with Gasteiger partial charge in [-0.1, -0.05) is 17.7 Å². The molecule has 1 saturated heterocycles. The van der Waals surface area contributed by atoms with Crippen molar-refractivity contribution in [2.45, 2.75) is 24.7 Å². The van der Waals surface area contributed by atoms with Gasteiger partial charge in [0.1, 0.15) is 0 Å². The molecule has 2 aromatic carbocycles. The number of ether oxygens (including phenoxy) is 2. The zero-order valence-electron chi connectivity index (χ0n) is 17.1. The fourth-order valence-corrected chi connectivity index (χ4v) is 5.11. The zero-order chi connectivity index (χ0) is 21.9. The Morgan fingerprint density at radius 1 is 1.07 bits per heavy atom. The molecule has 1 amide bonds.